The summed E-state index contributed by atoms with van der Waals surface area (Å²) in [6.07, 6.45) is 0. The first-order chi connectivity index (χ1) is 7.89. The zero-order valence-electron chi connectivity index (χ0n) is 9.34. The average Bonchev–Trinajstić information content (AvgIpc) is 2.67. The van der Waals surface area contributed by atoms with Crippen molar-refractivity contribution in [3.05, 3.63) is 14.7 Å². The Balaban J connectivity index is 0.00000289. The number of hydrogen-bond donors (Lipinski definition) is 2. The number of thiophene rings is 1. The number of nitrogens with two attached hydrogens (primary N) is 1. The predicted octanol–water partition coefficient (Wildman–Crippen LogP) is 2.26. The Morgan fingerprint density at radius 1 is 1.67 bits per heavy atom. The van der Waals surface area contributed by atoms with Crippen LogP contribution in [0.5, 0.6) is 5.75 Å². The number of methoxy groups -OCH3 is 1. The molecule has 0 radical (unpaired) electrons. The van der Waals surface area contributed by atoms with E-state index in [1.165, 1.54) is 13.2 Å². The number of rotatable bonds is 5. The van der Waals surface area contributed by atoms with E-state index in [4.69, 9.17) is 10.5 Å². The lowest BCUT2D eigenvalue weighted by Gasteiger charge is -2.13. The Morgan fingerprint density at radius 2 is 2.28 bits per heavy atom. The molecular weight excluding hydrogens is 354 g/mol. The molecular formula is C9H12BrClF2N2O2S. The third-order valence-electron chi connectivity index (χ3n) is 1.91. The van der Waals surface area contributed by atoms with Gasteiger partial charge in [0.2, 0.25) is 0 Å². The molecule has 1 heterocycles. The van der Waals surface area contributed by atoms with Crippen LogP contribution < -0.4 is 15.8 Å². The summed E-state index contributed by atoms with van der Waals surface area (Å²) in [4.78, 5) is 11.8. The van der Waals surface area contributed by atoms with Gasteiger partial charge in [-0.1, -0.05) is 0 Å². The summed E-state index contributed by atoms with van der Waals surface area (Å²) in [5, 5.41) is 2.12. The molecule has 4 nitrogen and oxygen atoms in total. The molecule has 1 aromatic heterocycles. The largest absolute Gasteiger partial charge is 0.495 e. The first kappa shape index (κ1) is 17.6. The lowest BCUT2D eigenvalue weighted by atomic mass is 10.3. The molecule has 0 fully saturated rings. The van der Waals surface area contributed by atoms with Gasteiger partial charge in [0.1, 0.15) is 9.54 Å². The van der Waals surface area contributed by atoms with Crippen LogP contribution in [0.2, 0.25) is 0 Å². The average molecular weight is 366 g/mol. The highest BCUT2D eigenvalue weighted by molar-refractivity contribution is 9.11. The number of nitrogens with one attached hydrogen (secondary N) is 1. The fourth-order valence-corrected chi connectivity index (χ4v) is 2.54. The summed E-state index contributed by atoms with van der Waals surface area (Å²) < 4.78 is 31.2. The summed E-state index contributed by atoms with van der Waals surface area (Å²) in [7, 11) is 1.46. The summed E-state index contributed by atoms with van der Waals surface area (Å²) in [5.41, 5.74) is 4.85. The zero-order chi connectivity index (χ0) is 13.1. The SMILES string of the molecule is COc1cc(C(=O)NCC(F)(F)CN)sc1Br.Cl. The first-order valence-electron chi connectivity index (χ1n) is 4.59. The molecule has 1 amide bonds. The second-order valence-electron chi connectivity index (χ2n) is 3.20. The standard InChI is InChI=1S/C9H11BrF2N2O2S.ClH/c1-16-5-2-6(17-7(5)10)8(15)14-4-9(11,12)3-13;/h2H,3-4,13H2,1H3,(H,14,15);1H. The molecule has 0 saturated carbocycles. The fraction of sp³-hybridized carbons (Fsp3) is 0.444. The van der Waals surface area contributed by atoms with Gasteiger partial charge < -0.3 is 15.8 Å². The van der Waals surface area contributed by atoms with Gasteiger partial charge in [0.05, 0.1) is 25.1 Å². The minimum Gasteiger partial charge on any atom is -0.495 e. The highest BCUT2D eigenvalue weighted by Crippen LogP contribution is 2.34. The van der Waals surface area contributed by atoms with Crippen LogP contribution >= 0.6 is 39.7 Å². The summed E-state index contributed by atoms with van der Waals surface area (Å²) in [6.45, 7) is -1.58. The Labute approximate surface area is 121 Å². The number of ether oxygens (including phenoxy) is 1. The molecule has 0 aliphatic heterocycles. The molecule has 3 N–H and O–H groups in total. The smallest absolute Gasteiger partial charge is 0.277 e. The minimum absolute atomic E-state index is 0. The Kier molecular flexibility index (Phi) is 7.05. The van der Waals surface area contributed by atoms with Crippen LogP contribution in [0.3, 0.4) is 0 Å². The van der Waals surface area contributed by atoms with Crippen molar-refractivity contribution in [1.82, 2.24) is 5.32 Å². The number of carbonyl (C=O) groups excluding carboxylic acids is 1. The molecule has 0 spiro atoms. The lowest BCUT2D eigenvalue weighted by molar-refractivity contribution is 0.0119. The van der Waals surface area contributed by atoms with Gasteiger partial charge in [0.25, 0.3) is 11.8 Å². The van der Waals surface area contributed by atoms with E-state index in [1.54, 1.807) is 0 Å². The van der Waals surface area contributed by atoms with E-state index >= 15 is 0 Å². The summed E-state index contributed by atoms with van der Waals surface area (Å²) >= 11 is 4.30. The Morgan fingerprint density at radius 3 is 2.72 bits per heavy atom. The highest BCUT2D eigenvalue weighted by atomic mass is 79.9. The van der Waals surface area contributed by atoms with Gasteiger partial charge in [0, 0.05) is 6.07 Å². The second-order valence-corrected chi connectivity index (χ2v) is 5.57. The summed E-state index contributed by atoms with van der Waals surface area (Å²) in [5.74, 6) is -3.17. The van der Waals surface area contributed by atoms with Crippen LogP contribution in [0.15, 0.2) is 9.85 Å². The monoisotopic (exact) mass is 364 g/mol. The van der Waals surface area contributed by atoms with Gasteiger partial charge in [-0.3, -0.25) is 4.79 Å². The third kappa shape index (κ3) is 4.68. The van der Waals surface area contributed by atoms with Gasteiger partial charge in [-0.05, 0) is 15.9 Å². The van der Waals surface area contributed by atoms with Gasteiger partial charge >= 0.3 is 0 Å². The molecule has 9 heteroatoms. The van der Waals surface area contributed by atoms with E-state index in [0.29, 0.717) is 14.4 Å². The normalized spacial score (nSPS) is 10.7. The molecule has 0 bridgehead atoms. The Bertz CT molecular complexity index is 417. The van der Waals surface area contributed by atoms with Crippen LogP contribution in [0.1, 0.15) is 9.67 Å². The zero-order valence-corrected chi connectivity index (χ0v) is 12.6. The molecule has 0 atom stereocenters. The second kappa shape index (κ2) is 7.22. The van der Waals surface area contributed by atoms with E-state index in [1.807, 2.05) is 0 Å². The van der Waals surface area contributed by atoms with Crippen molar-refractivity contribution < 1.29 is 18.3 Å². The van der Waals surface area contributed by atoms with Crippen LogP contribution in [0, 0.1) is 0 Å². The van der Waals surface area contributed by atoms with Crippen molar-refractivity contribution in [2.45, 2.75) is 5.92 Å². The number of carbonyl (C=O) groups is 1. The van der Waals surface area contributed by atoms with E-state index in [2.05, 4.69) is 21.2 Å². The first-order valence-corrected chi connectivity index (χ1v) is 6.20. The van der Waals surface area contributed by atoms with Gasteiger partial charge in [-0.2, -0.15) is 0 Å². The predicted molar refractivity (Wildman–Crippen MR) is 72.2 cm³/mol. The van der Waals surface area contributed by atoms with E-state index in [9.17, 15) is 13.6 Å². The van der Waals surface area contributed by atoms with Gasteiger partial charge in [-0.25, -0.2) is 8.78 Å². The number of alkyl halides is 2. The highest BCUT2D eigenvalue weighted by Gasteiger charge is 2.27. The van der Waals surface area contributed by atoms with E-state index in [0.717, 1.165) is 11.3 Å². The quantitative estimate of drug-likeness (QED) is 0.841. The molecule has 0 saturated heterocycles. The van der Waals surface area contributed by atoms with Gasteiger partial charge in [-0.15, -0.1) is 23.7 Å². The van der Waals surface area contributed by atoms with E-state index in [-0.39, 0.29) is 12.4 Å². The lowest BCUT2D eigenvalue weighted by Crippen LogP contribution is -2.41. The van der Waals surface area contributed by atoms with Crippen molar-refractivity contribution in [1.29, 1.82) is 0 Å². The fourth-order valence-electron chi connectivity index (χ4n) is 0.972. The van der Waals surface area contributed by atoms with Crippen molar-refractivity contribution in [3.8, 4) is 5.75 Å². The van der Waals surface area contributed by atoms with Gasteiger partial charge in [0.15, 0.2) is 0 Å². The molecule has 0 aromatic carbocycles. The maximum atomic E-state index is 12.8. The molecule has 1 rings (SSSR count). The molecule has 104 valence electrons. The molecule has 1 aromatic rings. The maximum Gasteiger partial charge on any atom is 0.277 e. The summed E-state index contributed by atoms with van der Waals surface area (Å²) in [6, 6.07) is 1.48. The van der Waals surface area contributed by atoms with Crippen LogP contribution in [0.4, 0.5) is 8.78 Å². The molecule has 0 aliphatic rings. The van der Waals surface area contributed by atoms with Crippen molar-refractivity contribution in [2.75, 3.05) is 20.2 Å². The van der Waals surface area contributed by atoms with Crippen LogP contribution in [0.25, 0.3) is 0 Å². The topological polar surface area (TPSA) is 64.3 Å². The number of amides is 1. The van der Waals surface area contributed by atoms with Crippen LogP contribution in [-0.2, 0) is 0 Å². The van der Waals surface area contributed by atoms with Crippen molar-refractivity contribution in [2.24, 2.45) is 5.73 Å². The minimum atomic E-state index is -3.09. The molecule has 0 unspecified atom stereocenters. The number of hydrogen-bond acceptors (Lipinski definition) is 4. The maximum absolute atomic E-state index is 12.8. The molecule has 0 aliphatic carbocycles. The molecule has 18 heavy (non-hydrogen) atoms. The van der Waals surface area contributed by atoms with E-state index < -0.39 is 24.9 Å². The van der Waals surface area contributed by atoms with Crippen molar-refractivity contribution >= 4 is 45.6 Å². The Hall–Kier alpha value is -0.440. The van der Waals surface area contributed by atoms with Crippen molar-refractivity contribution in [3.63, 3.8) is 0 Å². The van der Waals surface area contributed by atoms with Crippen LogP contribution in [-0.4, -0.2) is 32.0 Å². The number of halogens is 4. The third-order valence-corrected chi connectivity index (χ3v) is 3.69.